The molecule has 0 aliphatic rings. The number of nitroso groups, excluding NO2 is 1. The molecule has 0 aliphatic heterocycles. The van der Waals surface area contributed by atoms with Gasteiger partial charge < -0.3 is 0 Å². The van der Waals surface area contributed by atoms with Gasteiger partial charge in [-0.05, 0) is 28.8 Å². The van der Waals surface area contributed by atoms with Crippen LogP contribution in [0.15, 0.2) is 53.7 Å². The van der Waals surface area contributed by atoms with Gasteiger partial charge in [0.25, 0.3) is 0 Å². The average Bonchev–Trinajstić information content (AvgIpc) is 2.40. The van der Waals surface area contributed by atoms with Crippen LogP contribution in [0.1, 0.15) is 11.1 Å². The van der Waals surface area contributed by atoms with Crippen LogP contribution in [0.3, 0.4) is 0 Å². The normalized spacial score (nSPS) is 9.59. The SMILES string of the molecule is N#Cc1ccc(-c2ccc(CN=O)cc2)cc1. The topological polar surface area (TPSA) is 53.2 Å². The lowest BCUT2D eigenvalue weighted by Gasteiger charge is -2.02. The standard InChI is InChI=1S/C14H10N2O/c15-9-11-1-5-13(6-2-11)14-7-3-12(4-8-14)10-16-17/h1-8H,10H2. The molecule has 0 atom stereocenters. The first-order valence-electron chi connectivity index (χ1n) is 5.22. The Bertz CT molecular complexity index is 550. The number of benzene rings is 2. The van der Waals surface area contributed by atoms with E-state index in [2.05, 4.69) is 11.2 Å². The minimum atomic E-state index is 0.202. The molecule has 0 unspecified atom stereocenters. The van der Waals surface area contributed by atoms with Gasteiger partial charge in [-0.3, -0.25) is 0 Å². The summed E-state index contributed by atoms with van der Waals surface area (Å²) in [6.45, 7) is 0.202. The third-order valence-electron chi connectivity index (χ3n) is 2.55. The van der Waals surface area contributed by atoms with Crippen LogP contribution in [0.25, 0.3) is 11.1 Å². The maximum atomic E-state index is 10.1. The molecule has 2 aromatic carbocycles. The molecule has 0 N–H and O–H groups in total. The second-order valence-corrected chi connectivity index (χ2v) is 3.67. The van der Waals surface area contributed by atoms with Crippen LogP contribution in [0, 0.1) is 16.2 Å². The first kappa shape index (κ1) is 11.0. The number of rotatable bonds is 3. The molecule has 0 saturated carbocycles. The quantitative estimate of drug-likeness (QED) is 0.746. The van der Waals surface area contributed by atoms with Gasteiger partial charge in [-0.1, -0.05) is 41.6 Å². The fourth-order valence-corrected chi connectivity index (χ4v) is 1.61. The van der Waals surface area contributed by atoms with Crippen LogP contribution in [0.2, 0.25) is 0 Å². The number of nitrogens with zero attached hydrogens (tertiary/aromatic N) is 2. The molecule has 17 heavy (non-hydrogen) atoms. The molecule has 2 rings (SSSR count). The third kappa shape index (κ3) is 2.56. The zero-order chi connectivity index (χ0) is 12.1. The van der Waals surface area contributed by atoms with Gasteiger partial charge in [0.15, 0.2) is 0 Å². The highest BCUT2D eigenvalue weighted by Crippen LogP contribution is 2.20. The van der Waals surface area contributed by atoms with E-state index in [0.29, 0.717) is 5.56 Å². The highest BCUT2D eigenvalue weighted by molar-refractivity contribution is 5.64. The Morgan fingerprint density at radius 2 is 1.47 bits per heavy atom. The largest absolute Gasteiger partial charge is 0.192 e. The molecule has 3 nitrogen and oxygen atoms in total. The summed E-state index contributed by atoms with van der Waals surface area (Å²) in [5.74, 6) is 0. The van der Waals surface area contributed by atoms with E-state index in [1.54, 1.807) is 12.1 Å². The second kappa shape index (κ2) is 5.04. The van der Waals surface area contributed by atoms with E-state index in [1.165, 1.54) is 0 Å². The molecule has 0 aromatic heterocycles. The van der Waals surface area contributed by atoms with Crippen molar-refractivity contribution in [1.29, 1.82) is 5.26 Å². The lowest BCUT2D eigenvalue weighted by atomic mass is 10.0. The maximum Gasteiger partial charge on any atom is 0.106 e. The summed E-state index contributed by atoms with van der Waals surface area (Å²) in [6.07, 6.45) is 0. The van der Waals surface area contributed by atoms with Crippen molar-refractivity contribution in [2.75, 3.05) is 0 Å². The highest BCUT2D eigenvalue weighted by Gasteiger charge is 1.98. The summed E-state index contributed by atoms with van der Waals surface area (Å²) < 4.78 is 0. The Morgan fingerprint density at radius 3 is 1.94 bits per heavy atom. The van der Waals surface area contributed by atoms with E-state index >= 15 is 0 Å². The van der Waals surface area contributed by atoms with Gasteiger partial charge in [0, 0.05) is 0 Å². The van der Waals surface area contributed by atoms with Crippen LogP contribution >= 0.6 is 0 Å². The Labute approximate surface area is 99.3 Å². The Hall–Kier alpha value is -2.47. The van der Waals surface area contributed by atoms with Crippen LogP contribution in [0.5, 0.6) is 0 Å². The fourth-order valence-electron chi connectivity index (χ4n) is 1.61. The first-order chi connectivity index (χ1) is 8.33. The van der Waals surface area contributed by atoms with Crippen molar-refractivity contribution in [3.05, 3.63) is 64.6 Å². The van der Waals surface area contributed by atoms with Crippen molar-refractivity contribution in [1.82, 2.24) is 0 Å². The van der Waals surface area contributed by atoms with Gasteiger partial charge in [0.05, 0.1) is 11.6 Å². The zero-order valence-corrected chi connectivity index (χ0v) is 9.13. The zero-order valence-electron chi connectivity index (χ0n) is 9.13. The highest BCUT2D eigenvalue weighted by atomic mass is 16.3. The molecule has 0 amide bonds. The Morgan fingerprint density at radius 1 is 0.941 bits per heavy atom. The van der Waals surface area contributed by atoms with Crippen molar-refractivity contribution in [3.8, 4) is 17.2 Å². The van der Waals surface area contributed by atoms with Crippen molar-refractivity contribution in [2.24, 2.45) is 5.18 Å². The molecule has 0 bridgehead atoms. The molecule has 2 aromatic rings. The maximum absolute atomic E-state index is 10.1. The van der Waals surface area contributed by atoms with Crippen molar-refractivity contribution in [2.45, 2.75) is 6.54 Å². The molecule has 0 aliphatic carbocycles. The van der Waals surface area contributed by atoms with E-state index in [1.807, 2.05) is 36.4 Å². The summed E-state index contributed by atoms with van der Waals surface area (Å²) in [5.41, 5.74) is 3.66. The number of nitriles is 1. The minimum absolute atomic E-state index is 0.202. The molecule has 3 heteroatoms. The summed E-state index contributed by atoms with van der Waals surface area (Å²) in [4.78, 5) is 10.1. The van der Waals surface area contributed by atoms with Gasteiger partial charge in [-0.2, -0.15) is 10.2 Å². The Balaban J connectivity index is 2.27. The molecular weight excluding hydrogens is 212 g/mol. The fraction of sp³-hybridized carbons (Fsp3) is 0.0714. The lowest BCUT2D eigenvalue weighted by molar-refractivity contribution is 1.06. The smallest absolute Gasteiger partial charge is 0.106 e. The van der Waals surface area contributed by atoms with Gasteiger partial charge in [0.1, 0.15) is 6.54 Å². The molecular formula is C14H10N2O. The van der Waals surface area contributed by atoms with Gasteiger partial charge >= 0.3 is 0 Å². The summed E-state index contributed by atoms with van der Waals surface area (Å²) in [7, 11) is 0. The molecule has 0 radical (unpaired) electrons. The molecule has 0 fully saturated rings. The molecule has 0 saturated heterocycles. The van der Waals surface area contributed by atoms with Crippen molar-refractivity contribution < 1.29 is 0 Å². The van der Waals surface area contributed by atoms with Crippen LogP contribution in [-0.2, 0) is 6.54 Å². The van der Waals surface area contributed by atoms with Crippen molar-refractivity contribution >= 4 is 0 Å². The third-order valence-corrected chi connectivity index (χ3v) is 2.55. The van der Waals surface area contributed by atoms with E-state index in [0.717, 1.165) is 16.7 Å². The van der Waals surface area contributed by atoms with Crippen molar-refractivity contribution in [3.63, 3.8) is 0 Å². The van der Waals surface area contributed by atoms with Gasteiger partial charge in [-0.15, -0.1) is 0 Å². The summed E-state index contributed by atoms with van der Waals surface area (Å²) in [5, 5.41) is 11.5. The number of hydrogen-bond donors (Lipinski definition) is 0. The Kier molecular flexibility index (Phi) is 3.27. The summed E-state index contributed by atoms with van der Waals surface area (Å²) >= 11 is 0. The van der Waals surface area contributed by atoms with E-state index in [-0.39, 0.29) is 6.54 Å². The first-order valence-corrected chi connectivity index (χ1v) is 5.22. The van der Waals surface area contributed by atoms with Crippen LogP contribution in [0.4, 0.5) is 0 Å². The minimum Gasteiger partial charge on any atom is -0.192 e. The van der Waals surface area contributed by atoms with E-state index in [4.69, 9.17) is 5.26 Å². The predicted molar refractivity (Wildman–Crippen MR) is 66.1 cm³/mol. The average molecular weight is 222 g/mol. The molecule has 82 valence electrons. The second-order valence-electron chi connectivity index (χ2n) is 3.67. The monoisotopic (exact) mass is 222 g/mol. The predicted octanol–water partition coefficient (Wildman–Crippen LogP) is 3.49. The van der Waals surface area contributed by atoms with Crippen LogP contribution < -0.4 is 0 Å². The lowest BCUT2D eigenvalue weighted by Crippen LogP contribution is -1.82. The van der Waals surface area contributed by atoms with Crippen LogP contribution in [-0.4, -0.2) is 0 Å². The van der Waals surface area contributed by atoms with E-state index < -0.39 is 0 Å². The summed E-state index contributed by atoms with van der Waals surface area (Å²) in [6, 6.07) is 17.1. The van der Waals surface area contributed by atoms with E-state index in [9.17, 15) is 4.91 Å². The molecule has 0 heterocycles. The van der Waals surface area contributed by atoms with Gasteiger partial charge in [0.2, 0.25) is 0 Å². The van der Waals surface area contributed by atoms with Gasteiger partial charge in [-0.25, -0.2) is 0 Å². The number of hydrogen-bond acceptors (Lipinski definition) is 3. The molecule has 0 spiro atoms.